The molecule has 2 aromatic rings. The van der Waals surface area contributed by atoms with Gasteiger partial charge >= 0.3 is 0 Å². The SMILES string of the molecule is CN/C=C\C(N)=NC(=O)c1cc(O)cc(Oc2ccc(C(=O)N3CCC3)nc2)c1. The fraction of sp³-hybridized carbons (Fsp3) is 0.200. The lowest BCUT2D eigenvalue weighted by atomic mass is 10.2. The molecular weight excluding hydrogens is 374 g/mol. The number of hydrogen-bond acceptors (Lipinski definition) is 6. The zero-order chi connectivity index (χ0) is 20.8. The lowest BCUT2D eigenvalue weighted by molar-refractivity contribution is 0.0645. The first-order chi connectivity index (χ1) is 14.0. The monoisotopic (exact) mass is 395 g/mol. The summed E-state index contributed by atoms with van der Waals surface area (Å²) < 4.78 is 5.65. The maximum atomic E-state index is 12.2. The van der Waals surface area contributed by atoms with E-state index in [-0.39, 0.29) is 28.8 Å². The summed E-state index contributed by atoms with van der Waals surface area (Å²) in [6.45, 7) is 1.49. The molecule has 4 N–H and O–H groups in total. The molecule has 0 bridgehead atoms. The first-order valence-corrected chi connectivity index (χ1v) is 8.96. The Morgan fingerprint density at radius 3 is 2.69 bits per heavy atom. The number of nitrogens with zero attached hydrogens (tertiary/aromatic N) is 3. The number of nitrogens with two attached hydrogens (primary N) is 1. The van der Waals surface area contributed by atoms with Gasteiger partial charge in [-0.05, 0) is 43.0 Å². The molecule has 9 nitrogen and oxygen atoms in total. The molecule has 0 radical (unpaired) electrons. The van der Waals surface area contributed by atoms with Crippen LogP contribution in [-0.2, 0) is 0 Å². The van der Waals surface area contributed by atoms with Gasteiger partial charge in [-0.2, -0.15) is 4.99 Å². The van der Waals surface area contributed by atoms with E-state index in [1.165, 1.54) is 36.7 Å². The number of hydrogen-bond donors (Lipinski definition) is 3. The van der Waals surface area contributed by atoms with Gasteiger partial charge < -0.3 is 25.8 Å². The van der Waals surface area contributed by atoms with E-state index in [0.717, 1.165) is 19.5 Å². The summed E-state index contributed by atoms with van der Waals surface area (Å²) in [7, 11) is 1.69. The van der Waals surface area contributed by atoms with Crippen LogP contribution in [0.1, 0.15) is 27.3 Å². The van der Waals surface area contributed by atoms with Crippen molar-refractivity contribution >= 4 is 17.6 Å². The topological polar surface area (TPSA) is 130 Å². The van der Waals surface area contributed by atoms with Crippen LogP contribution in [0.15, 0.2) is 53.8 Å². The average Bonchev–Trinajstić information content (AvgIpc) is 2.65. The first kappa shape index (κ1) is 19.9. The number of amides is 2. The van der Waals surface area contributed by atoms with Gasteiger partial charge in [0.15, 0.2) is 0 Å². The van der Waals surface area contributed by atoms with E-state index in [9.17, 15) is 14.7 Å². The standard InChI is InChI=1S/C20H21N5O4/c1-22-6-5-18(21)24-19(27)13-9-14(26)11-16(10-13)29-15-3-4-17(23-12-15)20(28)25-7-2-8-25/h3-6,9-12,22,26H,2,7-8H2,1H3,(H2,21,24,27)/b6-5-. The third-order valence-electron chi connectivity index (χ3n) is 4.12. The summed E-state index contributed by atoms with van der Waals surface area (Å²) in [4.78, 5) is 34.0. The zero-order valence-corrected chi connectivity index (χ0v) is 15.8. The van der Waals surface area contributed by atoms with Crippen LogP contribution in [0.5, 0.6) is 17.2 Å². The van der Waals surface area contributed by atoms with Crippen molar-refractivity contribution in [2.24, 2.45) is 10.7 Å². The highest BCUT2D eigenvalue weighted by molar-refractivity contribution is 6.06. The lowest BCUT2D eigenvalue weighted by Crippen LogP contribution is -2.42. The fourth-order valence-corrected chi connectivity index (χ4v) is 2.54. The van der Waals surface area contributed by atoms with Crippen LogP contribution in [0.4, 0.5) is 0 Å². The van der Waals surface area contributed by atoms with E-state index < -0.39 is 5.91 Å². The van der Waals surface area contributed by atoms with Crippen LogP contribution >= 0.6 is 0 Å². The summed E-state index contributed by atoms with van der Waals surface area (Å²) in [6, 6.07) is 7.22. The Bertz CT molecular complexity index is 965. The molecular formula is C20H21N5O4. The molecule has 0 spiro atoms. The second-order valence-electron chi connectivity index (χ2n) is 6.31. The van der Waals surface area contributed by atoms with E-state index in [4.69, 9.17) is 10.5 Å². The summed E-state index contributed by atoms with van der Waals surface area (Å²) in [5.74, 6) is -0.316. The number of amidine groups is 1. The Hall–Kier alpha value is -3.88. The van der Waals surface area contributed by atoms with Crippen molar-refractivity contribution in [2.75, 3.05) is 20.1 Å². The third kappa shape index (κ3) is 5.10. The van der Waals surface area contributed by atoms with Gasteiger partial charge in [0, 0.05) is 31.8 Å². The van der Waals surface area contributed by atoms with Crippen LogP contribution in [0.2, 0.25) is 0 Å². The normalized spacial score (nSPS) is 13.8. The Kier molecular flexibility index (Phi) is 6.08. The van der Waals surface area contributed by atoms with Gasteiger partial charge in [-0.3, -0.25) is 9.59 Å². The molecule has 0 aliphatic carbocycles. The third-order valence-corrected chi connectivity index (χ3v) is 4.12. The number of ether oxygens (including phenoxy) is 1. The van der Waals surface area contributed by atoms with Gasteiger partial charge in [0.2, 0.25) is 0 Å². The number of phenolic OH excluding ortho intramolecular Hbond substituents is 1. The molecule has 0 saturated carbocycles. The Morgan fingerprint density at radius 2 is 2.07 bits per heavy atom. The quantitative estimate of drug-likeness (QED) is 0.501. The zero-order valence-electron chi connectivity index (χ0n) is 15.8. The molecule has 1 aromatic carbocycles. The fourth-order valence-electron chi connectivity index (χ4n) is 2.54. The number of rotatable bonds is 6. The Morgan fingerprint density at radius 1 is 1.28 bits per heavy atom. The Labute approximate surface area is 167 Å². The second kappa shape index (κ2) is 8.87. The minimum absolute atomic E-state index is 0.0156. The molecule has 9 heteroatoms. The van der Waals surface area contributed by atoms with Crippen molar-refractivity contribution in [1.82, 2.24) is 15.2 Å². The van der Waals surface area contributed by atoms with Gasteiger partial charge in [-0.15, -0.1) is 0 Å². The van der Waals surface area contributed by atoms with Crippen LogP contribution in [0, 0.1) is 0 Å². The average molecular weight is 395 g/mol. The molecule has 1 aromatic heterocycles. The lowest BCUT2D eigenvalue weighted by Gasteiger charge is -2.30. The molecule has 3 rings (SSSR count). The number of likely N-dealkylation sites (tertiary alicyclic amines) is 1. The predicted molar refractivity (Wildman–Crippen MR) is 107 cm³/mol. The minimum atomic E-state index is -0.627. The van der Waals surface area contributed by atoms with E-state index in [1.54, 1.807) is 24.1 Å². The number of aromatic hydroxyl groups is 1. The number of benzene rings is 1. The van der Waals surface area contributed by atoms with E-state index in [1.807, 2.05) is 0 Å². The van der Waals surface area contributed by atoms with Crippen molar-refractivity contribution in [2.45, 2.75) is 6.42 Å². The summed E-state index contributed by atoms with van der Waals surface area (Å²) >= 11 is 0. The van der Waals surface area contributed by atoms with E-state index >= 15 is 0 Å². The second-order valence-corrected chi connectivity index (χ2v) is 6.31. The van der Waals surface area contributed by atoms with Gasteiger partial charge in [-0.25, -0.2) is 4.98 Å². The highest BCUT2D eigenvalue weighted by atomic mass is 16.5. The van der Waals surface area contributed by atoms with Gasteiger partial charge in [0.25, 0.3) is 11.8 Å². The molecule has 1 saturated heterocycles. The van der Waals surface area contributed by atoms with Crippen LogP contribution in [0.25, 0.3) is 0 Å². The molecule has 150 valence electrons. The van der Waals surface area contributed by atoms with Crippen molar-refractivity contribution in [3.63, 3.8) is 0 Å². The summed E-state index contributed by atoms with van der Waals surface area (Å²) in [6.07, 6.45) is 5.39. The maximum Gasteiger partial charge on any atom is 0.279 e. The molecule has 0 atom stereocenters. The van der Waals surface area contributed by atoms with Crippen LogP contribution in [-0.4, -0.2) is 52.8 Å². The first-order valence-electron chi connectivity index (χ1n) is 8.96. The van der Waals surface area contributed by atoms with Crippen LogP contribution < -0.4 is 15.8 Å². The van der Waals surface area contributed by atoms with E-state index in [0.29, 0.717) is 11.4 Å². The Balaban J connectivity index is 1.73. The van der Waals surface area contributed by atoms with Gasteiger partial charge in [-0.1, -0.05) is 0 Å². The number of aliphatic imine (C=N–C) groups is 1. The molecule has 0 unspecified atom stereocenters. The van der Waals surface area contributed by atoms with Gasteiger partial charge in [0.05, 0.1) is 6.20 Å². The molecule has 1 aliphatic rings. The minimum Gasteiger partial charge on any atom is -0.508 e. The highest BCUT2D eigenvalue weighted by Crippen LogP contribution is 2.27. The van der Waals surface area contributed by atoms with Crippen molar-refractivity contribution in [3.8, 4) is 17.2 Å². The molecule has 2 amide bonds. The molecule has 29 heavy (non-hydrogen) atoms. The maximum absolute atomic E-state index is 12.2. The number of nitrogens with one attached hydrogen (secondary N) is 1. The van der Waals surface area contributed by atoms with Crippen molar-refractivity contribution < 1.29 is 19.4 Å². The largest absolute Gasteiger partial charge is 0.508 e. The smallest absolute Gasteiger partial charge is 0.279 e. The van der Waals surface area contributed by atoms with Gasteiger partial charge in [0.1, 0.15) is 28.8 Å². The molecule has 1 aliphatic heterocycles. The van der Waals surface area contributed by atoms with E-state index in [2.05, 4.69) is 15.3 Å². The number of carbonyl (C=O) groups excluding carboxylic acids is 2. The number of phenols is 1. The summed E-state index contributed by atoms with van der Waals surface area (Å²) in [5, 5.41) is 12.6. The molecule has 2 heterocycles. The van der Waals surface area contributed by atoms with Crippen molar-refractivity contribution in [1.29, 1.82) is 0 Å². The summed E-state index contributed by atoms with van der Waals surface area (Å²) in [5.41, 5.74) is 6.09. The van der Waals surface area contributed by atoms with Crippen molar-refractivity contribution in [3.05, 3.63) is 60.1 Å². The number of aromatic nitrogens is 1. The predicted octanol–water partition coefficient (Wildman–Crippen LogP) is 1.66. The number of pyridine rings is 1. The van der Waals surface area contributed by atoms with Crippen LogP contribution in [0.3, 0.4) is 0 Å². The number of carbonyl (C=O) groups is 2. The highest BCUT2D eigenvalue weighted by Gasteiger charge is 2.22. The molecule has 1 fully saturated rings.